The molecule has 0 unspecified atom stereocenters. The molecular formula is C17H24O5S. The largest absolute Gasteiger partial charge is 0.462 e. The van der Waals surface area contributed by atoms with Gasteiger partial charge in [0.25, 0.3) is 0 Å². The van der Waals surface area contributed by atoms with E-state index in [9.17, 15) is 4.79 Å². The molecule has 0 amide bonds. The molecule has 0 bridgehead atoms. The summed E-state index contributed by atoms with van der Waals surface area (Å²) in [5.74, 6) is 0.414. The van der Waals surface area contributed by atoms with Crippen molar-refractivity contribution < 1.29 is 24.2 Å². The minimum Gasteiger partial charge on any atom is -0.462 e. The van der Waals surface area contributed by atoms with Crippen LogP contribution >= 0.6 is 12.0 Å². The lowest BCUT2D eigenvalue weighted by molar-refractivity contribution is -0.432. The maximum Gasteiger partial charge on any atom is 0.338 e. The molecule has 0 spiro atoms. The number of benzene rings is 1. The summed E-state index contributed by atoms with van der Waals surface area (Å²) in [4.78, 5) is 13.0. The fourth-order valence-corrected chi connectivity index (χ4v) is 3.61. The van der Waals surface area contributed by atoms with Gasteiger partial charge >= 0.3 is 5.97 Å². The SMILES string of the molecule is Cc1cc(C(=O)OCCC2CCCCC2)cc(C)c1SOOO. The number of esters is 1. The second-order valence-corrected chi connectivity index (χ2v) is 6.80. The van der Waals surface area contributed by atoms with Gasteiger partial charge in [0, 0.05) is 4.90 Å². The van der Waals surface area contributed by atoms with Crippen LogP contribution in [-0.4, -0.2) is 17.8 Å². The molecule has 1 aliphatic carbocycles. The van der Waals surface area contributed by atoms with Gasteiger partial charge in [-0.25, -0.2) is 10.1 Å². The van der Waals surface area contributed by atoms with Crippen molar-refractivity contribution in [3.8, 4) is 0 Å². The van der Waals surface area contributed by atoms with Crippen molar-refractivity contribution in [2.24, 2.45) is 5.92 Å². The lowest BCUT2D eigenvalue weighted by Crippen LogP contribution is -2.13. The highest BCUT2D eigenvalue weighted by molar-refractivity contribution is 7.94. The summed E-state index contributed by atoms with van der Waals surface area (Å²) in [6.45, 7) is 4.23. The zero-order valence-electron chi connectivity index (χ0n) is 13.7. The Balaban J connectivity index is 1.88. The van der Waals surface area contributed by atoms with E-state index in [1.165, 1.54) is 32.1 Å². The monoisotopic (exact) mass is 340 g/mol. The molecule has 23 heavy (non-hydrogen) atoms. The molecule has 0 aliphatic heterocycles. The summed E-state index contributed by atoms with van der Waals surface area (Å²) in [6.07, 6.45) is 7.41. The van der Waals surface area contributed by atoms with Gasteiger partial charge in [-0.05, 0) is 49.4 Å². The minimum absolute atomic E-state index is 0.289. The average molecular weight is 340 g/mol. The predicted molar refractivity (Wildman–Crippen MR) is 88.0 cm³/mol. The number of aryl methyl sites for hydroxylation is 2. The van der Waals surface area contributed by atoms with E-state index in [0.29, 0.717) is 18.1 Å². The van der Waals surface area contributed by atoms with E-state index in [0.717, 1.165) is 34.5 Å². The molecule has 1 N–H and O–H groups in total. The number of carbonyl (C=O) groups is 1. The maximum atomic E-state index is 12.2. The highest BCUT2D eigenvalue weighted by atomic mass is 32.2. The Morgan fingerprint density at radius 2 is 1.87 bits per heavy atom. The number of carbonyl (C=O) groups excluding carboxylic acids is 1. The van der Waals surface area contributed by atoms with E-state index >= 15 is 0 Å². The van der Waals surface area contributed by atoms with Crippen LogP contribution in [0.5, 0.6) is 0 Å². The Hall–Kier alpha value is -1.08. The quantitative estimate of drug-likeness (QED) is 0.331. The Kier molecular flexibility index (Phi) is 7.36. The second-order valence-electron chi connectivity index (χ2n) is 6.09. The van der Waals surface area contributed by atoms with E-state index < -0.39 is 0 Å². The Morgan fingerprint density at radius 1 is 1.22 bits per heavy atom. The number of ether oxygens (including phenoxy) is 1. The third-order valence-electron chi connectivity index (χ3n) is 4.33. The molecule has 1 fully saturated rings. The first-order chi connectivity index (χ1) is 11.1. The molecule has 1 aliphatic rings. The summed E-state index contributed by atoms with van der Waals surface area (Å²) in [5, 5.41) is 11.9. The van der Waals surface area contributed by atoms with E-state index in [-0.39, 0.29) is 5.97 Å². The molecular weight excluding hydrogens is 316 g/mol. The summed E-state index contributed by atoms with van der Waals surface area (Å²) in [7, 11) is 0. The van der Waals surface area contributed by atoms with Gasteiger partial charge in [0.2, 0.25) is 0 Å². The summed E-state index contributed by atoms with van der Waals surface area (Å²) >= 11 is 0.906. The molecule has 0 atom stereocenters. The third-order valence-corrected chi connectivity index (χ3v) is 5.27. The summed E-state index contributed by atoms with van der Waals surface area (Å²) in [5.41, 5.74) is 2.27. The average Bonchev–Trinajstić information content (AvgIpc) is 2.55. The third kappa shape index (κ3) is 5.49. The zero-order chi connectivity index (χ0) is 16.7. The van der Waals surface area contributed by atoms with Crippen molar-refractivity contribution in [1.29, 1.82) is 0 Å². The molecule has 5 nitrogen and oxygen atoms in total. The molecule has 6 heteroatoms. The van der Waals surface area contributed by atoms with Crippen molar-refractivity contribution in [1.82, 2.24) is 0 Å². The highest BCUT2D eigenvalue weighted by Gasteiger charge is 2.16. The van der Waals surface area contributed by atoms with Gasteiger partial charge in [0.15, 0.2) is 0 Å². The number of rotatable bonds is 7. The van der Waals surface area contributed by atoms with Gasteiger partial charge in [0.05, 0.1) is 24.2 Å². The molecule has 1 aromatic rings. The minimum atomic E-state index is -0.289. The van der Waals surface area contributed by atoms with Crippen LogP contribution in [0.25, 0.3) is 0 Å². The Bertz CT molecular complexity index is 503. The molecule has 1 aromatic carbocycles. The van der Waals surface area contributed by atoms with Crippen molar-refractivity contribution in [3.05, 3.63) is 28.8 Å². The van der Waals surface area contributed by atoms with Crippen LogP contribution in [-0.2, 0) is 14.1 Å². The van der Waals surface area contributed by atoms with Crippen LogP contribution in [0.1, 0.15) is 60.0 Å². The zero-order valence-corrected chi connectivity index (χ0v) is 14.5. The van der Waals surface area contributed by atoms with E-state index in [4.69, 9.17) is 9.99 Å². The van der Waals surface area contributed by atoms with Crippen LogP contribution in [0, 0.1) is 19.8 Å². The lowest BCUT2D eigenvalue weighted by Gasteiger charge is -2.21. The first-order valence-electron chi connectivity index (χ1n) is 8.05. The number of hydrogen-bond donors (Lipinski definition) is 1. The smallest absolute Gasteiger partial charge is 0.338 e. The van der Waals surface area contributed by atoms with Crippen LogP contribution in [0.3, 0.4) is 0 Å². The molecule has 0 heterocycles. The molecule has 0 aromatic heterocycles. The van der Waals surface area contributed by atoms with E-state index in [1.54, 1.807) is 12.1 Å². The molecule has 0 radical (unpaired) electrons. The van der Waals surface area contributed by atoms with Crippen molar-refractivity contribution in [3.63, 3.8) is 0 Å². The van der Waals surface area contributed by atoms with Crippen LogP contribution < -0.4 is 0 Å². The van der Waals surface area contributed by atoms with Gasteiger partial charge in [-0.1, -0.05) is 37.1 Å². The van der Waals surface area contributed by atoms with Gasteiger partial charge in [-0.2, -0.15) is 0 Å². The van der Waals surface area contributed by atoms with Gasteiger partial charge in [-0.15, -0.1) is 4.33 Å². The topological polar surface area (TPSA) is 65.0 Å². The van der Waals surface area contributed by atoms with E-state index in [1.807, 2.05) is 13.8 Å². The van der Waals surface area contributed by atoms with E-state index in [2.05, 4.69) is 9.37 Å². The maximum absolute atomic E-state index is 12.2. The standard InChI is InChI=1S/C17H24O5S/c1-12-10-15(11-13(2)16(12)23-22-21-19)17(18)20-9-8-14-6-4-3-5-7-14/h10-11,14,19H,3-9H2,1-2H3. The van der Waals surface area contributed by atoms with Crippen molar-refractivity contribution in [2.75, 3.05) is 6.61 Å². The Labute approximate surface area is 141 Å². The normalized spacial score (nSPS) is 15.6. The first-order valence-corrected chi connectivity index (χ1v) is 8.79. The summed E-state index contributed by atoms with van der Waals surface area (Å²) in [6, 6.07) is 3.53. The molecule has 1 saturated carbocycles. The molecule has 128 valence electrons. The van der Waals surface area contributed by atoms with Gasteiger partial charge in [-0.3, -0.25) is 0 Å². The van der Waals surface area contributed by atoms with Gasteiger partial charge in [0.1, 0.15) is 0 Å². The Morgan fingerprint density at radius 3 is 2.48 bits per heavy atom. The molecule has 0 saturated heterocycles. The van der Waals surface area contributed by atoms with Crippen LogP contribution in [0.4, 0.5) is 0 Å². The van der Waals surface area contributed by atoms with Crippen LogP contribution in [0.2, 0.25) is 0 Å². The highest BCUT2D eigenvalue weighted by Crippen LogP contribution is 2.29. The second kappa shape index (κ2) is 9.27. The fraction of sp³-hybridized carbons (Fsp3) is 0.588. The fourth-order valence-electron chi connectivity index (χ4n) is 3.13. The first kappa shape index (κ1) is 18.3. The van der Waals surface area contributed by atoms with Crippen molar-refractivity contribution >= 4 is 18.0 Å². The van der Waals surface area contributed by atoms with Gasteiger partial charge < -0.3 is 4.74 Å². The lowest BCUT2D eigenvalue weighted by atomic mass is 9.87. The molecule has 2 rings (SSSR count). The summed E-state index contributed by atoms with van der Waals surface area (Å²) < 4.78 is 9.89. The predicted octanol–water partition coefficient (Wildman–Crippen LogP) is 4.86. The van der Waals surface area contributed by atoms with Crippen LogP contribution in [0.15, 0.2) is 17.0 Å². The number of hydrogen-bond acceptors (Lipinski definition) is 6. The van der Waals surface area contributed by atoms with Crippen molar-refractivity contribution in [2.45, 2.75) is 57.3 Å².